The Hall–Kier alpha value is 0.260. The quantitative estimate of drug-likeness (QED) is 0.378. The van der Waals surface area contributed by atoms with Crippen LogP contribution in [0.15, 0.2) is 0 Å². The first kappa shape index (κ1) is 11.1. The number of thiocarbonyl (C=S) groups is 1. The summed E-state index contributed by atoms with van der Waals surface area (Å²) in [6, 6.07) is 0. The lowest BCUT2D eigenvalue weighted by molar-refractivity contribution is -0.134. The molecule has 0 rings (SSSR count). The van der Waals surface area contributed by atoms with Gasteiger partial charge in [-0.25, -0.2) is 0 Å². The lowest BCUT2D eigenvalue weighted by atomic mass is 10.9. The maximum atomic E-state index is 9.00. The molecule has 0 saturated carbocycles. The van der Waals surface area contributed by atoms with Crippen LogP contribution in [0.5, 0.6) is 0 Å². The zero-order valence-electron chi connectivity index (χ0n) is 4.16. The third kappa shape index (κ3) is 2560. The molecule has 0 atom stereocenters. The van der Waals surface area contributed by atoms with Gasteiger partial charge in [0, 0.05) is 6.92 Å². The molecule has 5 heteroatoms. The van der Waals surface area contributed by atoms with Crippen LogP contribution >= 0.6 is 37.5 Å². The Morgan fingerprint density at radius 2 is 1.62 bits per heavy atom. The number of hydrogen-bond acceptors (Lipinski definition) is 2. The highest BCUT2D eigenvalue weighted by atomic mass is 32.2. The van der Waals surface area contributed by atoms with Crippen LogP contribution in [0.3, 0.4) is 0 Å². The Morgan fingerprint density at radius 3 is 1.62 bits per heavy atom. The van der Waals surface area contributed by atoms with E-state index in [1.807, 2.05) is 0 Å². The molecule has 0 aromatic rings. The summed E-state index contributed by atoms with van der Waals surface area (Å²) in [7, 11) is 0. The van der Waals surface area contributed by atoms with Crippen LogP contribution in [0, 0.1) is 0 Å². The van der Waals surface area contributed by atoms with Gasteiger partial charge in [-0.05, 0) is 0 Å². The van der Waals surface area contributed by atoms with Gasteiger partial charge >= 0.3 is 0 Å². The van der Waals surface area contributed by atoms with E-state index < -0.39 is 5.97 Å². The van der Waals surface area contributed by atoms with Crippen molar-refractivity contribution in [1.82, 2.24) is 0 Å². The van der Waals surface area contributed by atoms with Crippen molar-refractivity contribution in [2.45, 2.75) is 6.92 Å². The molecule has 0 saturated heterocycles. The number of carbonyl (C=O) groups is 1. The van der Waals surface area contributed by atoms with Crippen LogP contribution in [0.4, 0.5) is 0 Å². The van der Waals surface area contributed by atoms with E-state index in [-0.39, 0.29) is 0 Å². The van der Waals surface area contributed by atoms with Crippen molar-refractivity contribution in [2.24, 2.45) is 0 Å². The second-order valence-electron chi connectivity index (χ2n) is 0.802. The van der Waals surface area contributed by atoms with Gasteiger partial charge in [0.05, 0.1) is 3.53 Å². The minimum Gasteiger partial charge on any atom is -0.481 e. The smallest absolute Gasteiger partial charge is 0.300 e. The van der Waals surface area contributed by atoms with Gasteiger partial charge in [0.25, 0.3) is 5.97 Å². The van der Waals surface area contributed by atoms with Crippen LogP contribution < -0.4 is 0 Å². The SMILES string of the molecule is CC(=O)O.S=C(S)S. The zero-order chi connectivity index (χ0) is 7.15. The van der Waals surface area contributed by atoms with Gasteiger partial charge in [-0.1, -0.05) is 12.2 Å². The molecule has 0 unspecified atom stereocenters. The molecule has 8 heavy (non-hydrogen) atoms. The molecule has 0 aromatic carbocycles. The molecule has 0 fully saturated rings. The molecule has 0 amide bonds. The monoisotopic (exact) mass is 170 g/mol. The van der Waals surface area contributed by atoms with Crippen molar-refractivity contribution >= 4 is 47.0 Å². The second-order valence-corrected chi connectivity index (χ2v) is 3.06. The average Bonchev–Trinajstić information content (AvgIpc) is 1.25. The minimum atomic E-state index is -0.833. The van der Waals surface area contributed by atoms with Gasteiger partial charge in [0.1, 0.15) is 0 Å². The second kappa shape index (κ2) is 7.26. The van der Waals surface area contributed by atoms with Crippen molar-refractivity contribution in [3.8, 4) is 0 Å². The average molecular weight is 170 g/mol. The Kier molecular flexibility index (Phi) is 10.1. The number of hydrogen-bond donors (Lipinski definition) is 3. The number of carboxylic acids is 1. The summed E-state index contributed by atoms with van der Waals surface area (Å²) in [5.74, 6) is -0.833. The molecule has 0 bridgehead atoms. The van der Waals surface area contributed by atoms with E-state index in [1.165, 1.54) is 0 Å². The first-order valence-corrected chi connectivity index (χ1v) is 2.88. The third-order valence-electron chi connectivity index (χ3n) is 0. The molecule has 0 heterocycles. The summed E-state index contributed by atoms with van der Waals surface area (Å²) in [6.07, 6.45) is 0. The molecule has 0 aliphatic heterocycles. The maximum absolute atomic E-state index is 9.00. The van der Waals surface area contributed by atoms with Crippen LogP contribution in [0.2, 0.25) is 0 Å². The van der Waals surface area contributed by atoms with E-state index in [0.717, 1.165) is 6.92 Å². The Labute approximate surface area is 64.1 Å². The van der Waals surface area contributed by atoms with E-state index >= 15 is 0 Å². The van der Waals surface area contributed by atoms with Crippen LogP contribution in [-0.2, 0) is 4.79 Å². The molecule has 0 aliphatic rings. The molecule has 1 N–H and O–H groups in total. The van der Waals surface area contributed by atoms with Crippen molar-refractivity contribution in [2.75, 3.05) is 0 Å². The van der Waals surface area contributed by atoms with Crippen molar-refractivity contribution < 1.29 is 9.90 Å². The summed E-state index contributed by atoms with van der Waals surface area (Å²) >= 11 is 11.4. The third-order valence-corrected chi connectivity index (χ3v) is 0. The minimum absolute atomic E-state index is 0.389. The van der Waals surface area contributed by atoms with E-state index in [4.69, 9.17) is 9.90 Å². The van der Waals surface area contributed by atoms with E-state index in [0.29, 0.717) is 3.53 Å². The summed E-state index contributed by atoms with van der Waals surface area (Å²) in [6.45, 7) is 1.08. The molecule has 0 aliphatic carbocycles. The van der Waals surface area contributed by atoms with E-state index in [9.17, 15) is 0 Å². The highest BCUT2D eigenvalue weighted by Crippen LogP contribution is 1.83. The van der Waals surface area contributed by atoms with Crippen LogP contribution in [-0.4, -0.2) is 14.6 Å². The van der Waals surface area contributed by atoms with Gasteiger partial charge in [-0.3, -0.25) is 4.79 Å². The Morgan fingerprint density at radius 1 is 1.62 bits per heavy atom. The Bertz CT molecular complexity index is 70.5. The first-order chi connectivity index (χ1) is 3.46. The predicted molar refractivity (Wildman–Crippen MR) is 43.9 cm³/mol. The summed E-state index contributed by atoms with van der Waals surface area (Å²) in [4.78, 5) is 9.00. The fourth-order valence-corrected chi connectivity index (χ4v) is 0. The zero-order valence-corrected chi connectivity index (χ0v) is 6.76. The molecule has 0 radical (unpaired) electrons. The molecular formula is C3H6O2S3. The molecule has 0 aromatic heterocycles. The van der Waals surface area contributed by atoms with Crippen molar-refractivity contribution in [3.05, 3.63) is 0 Å². The van der Waals surface area contributed by atoms with Gasteiger partial charge in [0.2, 0.25) is 0 Å². The fraction of sp³-hybridized carbons (Fsp3) is 0.333. The number of aliphatic carboxylic acids is 1. The van der Waals surface area contributed by atoms with Crippen LogP contribution in [0.1, 0.15) is 6.92 Å². The number of thiol groups is 2. The molecular weight excluding hydrogens is 164 g/mol. The topological polar surface area (TPSA) is 37.3 Å². The number of carboxylic acid groups (broad SMARTS) is 1. The summed E-state index contributed by atoms with van der Waals surface area (Å²) < 4.78 is 0.389. The highest BCUT2D eigenvalue weighted by molar-refractivity contribution is 8.34. The lowest BCUT2D eigenvalue weighted by Gasteiger charge is -1.59. The Balaban J connectivity index is 0. The van der Waals surface area contributed by atoms with Crippen LogP contribution in [0.25, 0.3) is 0 Å². The lowest BCUT2D eigenvalue weighted by Crippen LogP contribution is -1.78. The standard InChI is InChI=1S/C2H4O2.CH2S3/c1-2(3)4;2-1(3)4/h1H3,(H,3,4);(H2,2,3,4). The largest absolute Gasteiger partial charge is 0.481 e. The fourth-order valence-electron chi connectivity index (χ4n) is 0. The molecule has 48 valence electrons. The van der Waals surface area contributed by atoms with Gasteiger partial charge in [0.15, 0.2) is 0 Å². The van der Waals surface area contributed by atoms with E-state index in [1.54, 1.807) is 0 Å². The highest BCUT2D eigenvalue weighted by Gasteiger charge is 1.65. The number of rotatable bonds is 0. The molecule has 0 spiro atoms. The summed E-state index contributed by atoms with van der Waals surface area (Å²) in [5, 5.41) is 7.42. The predicted octanol–water partition coefficient (Wildman–Crippen LogP) is 1.22. The normalized spacial score (nSPS) is 6.38. The van der Waals surface area contributed by atoms with E-state index in [2.05, 4.69) is 37.5 Å². The van der Waals surface area contributed by atoms with Gasteiger partial charge in [-0.2, -0.15) is 0 Å². The summed E-state index contributed by atoms with van der Waals surface area (Å²) in [5.41, 5.74) is 0. The van der Waals surface area contributed by atoms with Gasteiger partial charge < -0.3 is 5.11 Å². The van der Waals surface area contributed by atoms with Gasteiger partial charge in [-0.15, -0.1) is 25.3 Å². The van der Waals surface area contributed by atoms with Crippen molar-refractivity contribution in [1.29, 1.82) is 0 Å². The molecule has 2 nitrogen and oxygen atoms in total. The maximum Gasteiger partial charge on any atom is 0.300 e. The van der Waals surface area contributed by atoms with Crippen molar-refractivity contribution in [3.63, 3.8) is 0 Å². The first-order valence-electron chi connectivity index (χ1n) is 1.58.